The number of hydrogen-bond acceptors (Lipinski definition) is 2. The van der Waals surface area contributed by atoms with Crippen molar-refractivity contribution >= 4 is 28.7 Å². The van der Waals surface area contributed by atoms with Gasteiger partial charge in [-0.05, 0) is 30.1 Å². The molecule has 14 heavy (non-hydrogen) atoms. The van der Waals surface area contributed by atoms with Gasteiger partial charge in [0.15, 0.2) is 5.11 Å². The molecule has 0 spiro atoms. The Kier molecular flexibility index (Phi) is 4.90. The summed E-state index contributed by atoms with van der Waals surface area (Å²) in [5.41, 5.74) is 0. The van der Waals surface area contributed by atoms with Gasteiger partial charge in [0.05, 0.1) is 6.54 Å². The van der Waals surface area contributed by atoms with Crippen LogP contribution < -0.4 is 5.32 Å². The maximum absolute atomic E-state index is 5.23. The number of thiocarbonyl (C=S) groups is 1. The third-order valence-corrected chi connectivity index (χ3v) is 3.16. The van der Waals surface area contributed by atoms with Crippen molar-refractivity contribution in [2.45, 2.75) is 19.9 Å². The van der Waals surface area contributed by atoms with Gasteiger partial charge in [0.25, 0.3) is 0 Å². The second-order valence-electron chi connectivity index (χ2n) is 3.17. The molecule has 0 aliphatic rings. The molecule has 78 valence electrons. The van der Waals surface area contributed by atoms with Crippen LogP contribution in [0.1, 0.15) is 18.2 Å². The molecular formula is C10H16N2S2. The molecule has 0 unspecified atom stereocenters. The number of thiophene rings is 1. The minimum atomic E-state index is 0.834. The molecule has 1 aromatic rings. The molecule has 0 aliphatic heterocycles. The molecule has 0 bridgehead atoms. The average molecular weight is 228 g/mol. The van der Waals surface area contributed by atoms with Crippen LogP contribution in [-0.2, 0) is 6.54 Å². The van der Waals surface area contributed by atoms with E-state index in [0.717, 1.165) is 24.6 Å². The van der Waals surface area contributed by atoms with E-state index in [2.05, 4.69) is 34.7 Å². The first kappa shape index (κ1) is 11.5. The molecule has 0 aromatic carbocycles. The monoisotopic (exact) mass is 228 g/mol. The van der Waals surface area contributed by atoms with E-state index in [4.69, 9.17) is 12.2 Å². The van der Waals surface area contributed by atoms with Crippen molar-refractivity contribution in [3.63, 3.8) is 0 Å². The standard InChI is InChI=1S/C10H16N2S2/c1-3-6-11-10(13)12(2)8-9-5-4-7-14-9/h4-5,7H,3,6,8H2,1-2H3,(H,11,13). The van der Waals surface area contributed by atoms with Gasteiger partial charge in [-0.2, -0.15) is 0 Å². The van der Waals surface area contributed by atoms with Crippen molar-refractivity contribution in [3.8, 4) is 0 Å². The van der Waals surface area contributed by atoms with Gasteiger partial charge in [0.1, 0.15) is 0 Å². The highest BCUT2D eigenvalue weighted by Crippen LogP contribution is 2.10. The van der Waals surface area contributed by atoms with E-state index in [1.807, 2.05) is 7.05 Å². The Bertz CT molecular complexity index is 270. The second kappa shape index (κ2) is 5.98. The molecule has 0 aliphatic carbocycles. The number of hydrogen-bond donors (Lipinski definition) is 1. The lowest BCUT2D eigenvalue weighted by Crippen LogP contribution is -2.36. The van der Waals surface area contributed by atoms with Crippen LogP contribution in [0.5, 0.6) is 0 Å². The summed E-state index contributed by atoms with van der Waals surface area (Å²) in [5.74, 6) is 0. The van der Waals surface area contributed by atoms with Gasteiger partial charge >= 0.3 is 0 Å². The highest BCUT2D eigenvalue weighted by atomic mass is 32.1. The highest BCUT2D eigenvalue weighted by molar-refractivity contribution is 7.80. The van der Waals surface area contributed by atoms with Gasteiger partial charge in [-0.3, -0.25) is 0 Å². The summed E-state index contributed by atoms with van der Waals surface area (Å²) in [5, 5.41) is 6.13. The zero-order valence-electron chi connectivity index (χ0n) is 8.62. The smallest absolute Gasteiger partial charge is 0.169 e. The highest BCUT2D eigenvalue weighted by Gasteiger charge is 2.04. The molecule has 0 fully saturated rings. The Balaban J connectivity index is 2.34. The van der Waals surface area contributed by atoms with Gasteiger partial charge in [-0.25, -0.2) is 0 Å². The first-order valence-electron chi connectivity index (χ1n) is 4.75. The number of rotatable bonds is 4. The zero-order valence-corrected chi connectivity index (χ0v) is 10.3. The van der Waals surface area contributed by atoms with E-state index in [0.29, 0.717) is 0 Å². The molecule has 1 aromatic heterocycles. The van der Waals surface area contributed by atoms with E-state index >= 15 is 0 Å². The minimum Gasteiger partial charge on any atom is -0.363 e. The first-order chi connectivity index (χ1) is 6.74. The Morgan fingerprint density at radius 2 is 2.43 bits per heavy atom. The molecule has 0 radical (unpaired) electrons. The van der Waals surface area contributed by atoms with Gasteiger partial charge in [0, 0.05) is 18.5 Å². The van der Waals surface area contributed by atoms with E-state index in [9.17, 15) is 0 Å². The number of nitrogens with one attached hydrogen (secondary N) is 1. The fraction of sp³-hybridized carbons (Fsp3) is 0.500. The van der Waals surface area contributed by atoms with Gasteiger partial charge in [-0.1, -0.05) is 13.0 Å². The Hall–Kier alpha value is -0.610. The SMILES string of the molecule is CCCNC(=S)N(C)Cc1cccs1. The maximum atomic E-state index is 5.23. The molecule has 0 saturated carbocycles. The van der Waals surface area contributed by atoms with E-state index in [1.165, 1.54) is 4.88 Å². The Morgan fingerprint density at radius 1 is 1.64 bits per heavy atom. The normalized spacial score (nSPS) is 9.86. The molecule has 0 saturated heterocycles. The maximum Gasteiger partial charge on any atom is 0.169 e. The van der Waals surface area contributed by atoms with Crippen LogP contribution in [0.15, 0.2) is 17.5 Å². The predicted molar refractivity (Wildman–Crippen MR) is 66.7 cm³/mol. The Morgan fingerprint density at radius 3 is 3.00 bits per heavy atom. The summed E-state index contributed by atoms with van der Waals surface area (Å²) >= 11 is 7.00. The zero-order chi connectivity index (χ0) is 10.4. The fourth-order valence-corrected chi connectivity index (χ4v) is 2.00. The van der Waals surface area contributed by atoms with Crippen LogP contribution in [0.25, 0.3) is 0 Å². The van der Waals surface area contributed by atoms with Crippen LogP contribution in [-0.4, -0.2) is 23.6 Å². The van der Waals surface area contributed by atoms with Crippen molar-refractivity contribution in [2.24, 2.45) is 0 Å². The summed E-state index contributed by atoms with van der Waals surface area (Å²) in [6, 6.07) is 4.19. The van der Waals surface area contributed by atoms with E-state index in [1.54, 1.807) is 11.3 Å². The van der Waals surface area contributed by atoms with Crippen molar-refractivity contribution < 1.29 is 0 Å². The first-order valence-corrected chi connectivity index (χ1v) is 6.04. The lowest BCUT2D eigenvalue weighted by molar-refractivity contribution is 0.494. The summed E-state index contributed by atoms with van der Waals surface area (Å²) in [4.78, 5) is 3.41. The van der Waals surface area contributed by atoms with Crippen molar-refractivity contribution in [3.05, 3.63) is 22.4 Å². The molecule has 4 heteroatoms. The second-order valence-corrected chi connectivity index (χ2v) is 4.59. The van der Waals surface area contributed by atoms with Crippen LogP contribution in [0.2, 0.25) is 0 Å². The van der Waals surface area contributed by atoms with Crippen molar-refractivity contribution in [2.75, 3.05) is 13.6 Å². The topological polar surface area (TPSA) is 15.3 Å². The van der Waals surface area contributed by atoms with Crippen LogP contribution in [0, 0.1) is 0 Å². The lowest BCUT2D eigenvalue weighted by atomic mass is 10.4. The third-order valence-electron chi connectivity index (χ3n) is 1.85. The average Bonchev–Trinajstić information content (AvgIpc) is 2.66. The van der Waals surface area contributed by atoms with Gasteiger partial charge in [-0.15, -0.1) is 11.3 Å². The molecule has 1 rings (SSSR count). The summed E-state index contributed by atoms with van der Waals surface area (Å²) in [6.07, 6.45) is 1.10. The molecule has 0 atom stereocenters. The molecule has 1 N–H and O–H groups in total. The minimum absolute atomic E-state index is 0.834. The van der Waals surface area contributed by atoms with E-state index < -0.39 is 0 Å². The largest absolute Gasteiger partial charge is 0.363 e. The molecule has 1 heterocycles. The van der Waals surface area contributed by atoms with E-state index in [-0.39, 0.29) is 0 Å². The summed E-state index contributed by atoms with van der Waals surface area (Å²) in [6.45, 7) is 3.98. The van der Waals surface area contributed by atoms with Crippen LogP contribution in [0.4, 0.5) is 0 Å². The van der Waals surface area contributed by atoms with Crippen molar-refractivity contribution in [1.82, 2.24) is 10.2 Å². The van der Waals surface area contributed by atoms with Gasteiger partial charge in [0.2, 0.25) is 0 Å². The summed E-state index contributed by atoms with van der Waals surface area (Å²) < 4.78 is 0. The van der Waals surface area contributed by atoms with Crippen LogP contribution in [0.3, 0.4) is 0 Å². The lowest BCUT2D eigenvalue weighted by Gasteiger charge is -2.19. The quantitative estimate of drug-likeness (QED) is 0.797. The number of nitrogens with zero attached hydrogens (tertiary/aromatic N) is 1. The Labute approximate surface area is 94.9 Å². The third kappa shape index (κ3) is 3.64. The molecule has 2 nitrogen and oxygen atoms in total. The fourth-order valence-electron chi connectivity index (χ4n) is 1.07. The summed E-state index contributed by atoms with van der Waals surface area (Å²) in [7, 11) is 2.02. The molecule has 0 amide bonds. The predicted octanol–water partition coefficient (Wildman–Crippen LogP) is 2.46. The van der Waals surface area contributed by atoms with Gasteiger partial charge < -0.3 is 10.2 Å². The van der Waals surface area contributed by atoms with Crippen molar-refractivity contribution in [1.29, 1.82) is 0 Å². The molecular weight excluding hydrogens is 212 g/mol. The van der Waals surface area contributed by atoms with Crippen LogP contribution >= 0.6 is 23.6 Å².